The zero-order chi connectivity index (χ0) is 24.4. The van der Waals surface area contributed by atoms with Crippen molar-refractivity contribution < 1.29 is 28.2 Å². The van der Waals surface area contributed by atoms with E-state index in [1.165, 1.54) is 19.4 Å². The number of benzene rings is 1. The summed E-state index contributed by atoms with van der Waals surface area (Å²) in [6, 6.07) is 4.97. The Morgan fingerprint density at radius 1 is 1.26 bits per heavy atom. The molecule has 0 spiro atoms. The number of fused-ring (bicyclic) bond motifs is 1. The highest BCUT2D eigenvalue weighted by atomic mass is 19.1. The van der Waals surface area contributed by atoms with E-state index < -0.39 is 41.1 Å². The topological polar surface area (TPSA) is 136 Å². The number of halogens is 2. The number of H-pyrrole nitrogens is 1. The summed E-state index contributed by atoms with van der Waals surface area (Å²) in [5, 5.41) is 11.9. The second-order valence-corrected chi connectivity index (χ2v) is 7.32. The molecule has 0 radical (unpaired) electrons. The quantitative estimate of drug-likeness (QED) is 0.488. The SMILES string of the molecule is COc1cc(CNC(=O)C2=Cc3c([nH]c(=O)n(Cc4cc(F)c(O)c(F)c4)c3=O)OC2)ccn1. The summed E-state index contributed by atoms with van der Waals surface area (Å²) >= 11 is 0. The normalized spacial score (nSPS) is 12.4. The number of aromatic hydroxyl groups is 1. The molecule has 1 aromatic carbocycles. The molecule has 1 amide bonds. The van der Waals surface area contributed by atoms with E-state index in [2.05, 4.69) is 15.3 Å². The zero-order valence-corrected chi connectivity index (χ0v) is 17.7. The van der Waals surface area contributed by atoms with Gasteiger partial charge in [0, 0.05) is 18.8 Å². The number of nitrogens with zero attached hydrogens (tertiary/aromatic N) is 2. The Bertz CT molecular complexity index is 1410. The largest absolute Gasteiger partial charge is 0.503 e. The molecule has 176 valence electrons. The van der Waals surface area contributed by atoms with Gasteiger partial charge in [0.15, 0.2) is 17.4 Å². The molecule has 0 bridgehead atoms. The van der Waals surface area contributed by atoms with Crippen molar-refractivity contribution in [2.75, 3.05) is 13.7 Å². The lowest BCUT2D eigenvalue weighted by atomic mass is 10.1. The Balaban J connectivity index is 1.59. The Kier molecular flexibility index (Phi) is 6.13. The van der Waals surface area contributed by atoms with Crippen LogP contribution in [0.5, 0.6) is 17.5 Å². The summed E-state index contributed by atoms with van der Waals surface area (Å²) in [5.41, 5.74) is -0.987. The molecule has 0 atom stereocenters. The molecule has 0 aliphatic carbocycles. The van der Waals surface area contributed by atoms with E-state index in [9.17, 15) is 28.3 Å². The monoisotopic (exact) mass is 472 g/mol. The molecule has 3 heterocycles. The van der Waals surface area contributed by atoms with E-state index in [1.807, 2.05) is 0 Å². The number of phenols is 1. The van der Waals surface area contributed by atoms with Crippen LogP contribution in [0, 0.1) is 11.6 Å². The third kappa shape index (κ3) is 4.51. The summed E-state index contributed by atoms with van der Waals surface area (Å²) in [6.07, 6.45) is 2.82. The Morgan fingerprint density at radius 3 is 2.71 bits per heavy atom. The second kappa shape index (κ2) is 9.17. The first-order chi connectivity index (χ1) is 16.3. The molecule has 0 saturated heterocycles. The fourth-order valence-electron chi connectivity index (χ4n) is 3.31. The van der Waals surface area contributed by atoms with Gasteiger partial charge in [-0.1, -0.05) is 0 Å². The fourth-order valence-corrected chi connectivity index (χ4v) is 3.31. The smallest absolute Gasteiger partial charge is 0.331 e. The number of hydrogen-bond acceptors (Lipinski definition) is 7. The predicted molar refractivity (Wildman–Crippen MR) is 115 cm³/mol. The molecule has 0 fully saturated rings. The first-order valence-electron chi connectivity index (χ1n) is 9.91. The second-order valence-electron chi connectivity index (χ2n) is 7.32. The predicted octanol–water partition coefficient (Wildman–Crippen LogP) is 1.06. The van der Waals surface area contributed by atoms with Crippen LogP contribution in [0.25, 0.3) is 6.08 Å². The maximum absolute atomic E-state index is 13.6. The Morgan fingerprint density at radius 2 is 2.00 bits per heavy atom. The molecule has 4 rings (SSSR count). The molecule has 3 aromatic rings. The van der Waals surface area contributed by atoms with Gasteiger partial charge in [-0.25, -0.2) is 18.6 Å². The van der Waals surface area contributed by atoms with Crippen molar-refractivity contribution in [3.63, 3.8) is 0 Å². The number of carbonyl (C=O) groups excluding carboxylic acids is 1. The molecule has 34 heavy (non-hydrogen) atoms. The van der Waals surface area contributed by atoms with Crippen molar-refractivity contribution in [2.45, 2.75) is 13.1 Å². The number of ether oxygens (including phenoxy) is 2. The number of nitrogens with one attached hydrogen (secondary N) is 2. The van der Waals surface area contributed by atoms with Gasteiger partial charge in [0.25, 0.3) is 11.5 Å². The zero-order valence-electron chi connectivity index (χ0n) is 17.7. The number of amides is 1. The minimum atomic E-state index is -1.23. The number of phenolic OH excluding ortho intramolecular Hbond substituents is 1. The van der Waals surface area contributed by atoms with E-state index in [1.54, 1.807) is 12.1 Å². The Hall–Kier alpha value is -4.48. The number of aromatic nitrogens is 3. The van der Waals surface area contributed by atoms with Gasteiger partial charge in [-0.15, -0.1) is 0 Å². The van der Waals surface area contributed by atoms with E-state index in [-0.39, 0.29) is 35.7 Å². The third-order valence-corrected chi connectivity index (χ3v) is 5.05. The summed E-state index contributed by atoms with van der Waals surface area (Å²) in [6.45, 7) is -0.503. The van der Waals surface area contributed by atoms with Gasteiger partial charge in [-0.2, -0.15) is 0 Å². The molecule has 0 saturated carbocycles. The van der Waals surface area contributed by atoms with Crippen molar-refractivity contribution in [1.29, 1.82) is 0 Å². The first kappa shape index (κ1) is 22.7. The molecular formula is C22H18F2N4O6. The minimum Gasteiger partial charge on any atom is -0.503 e. The maximum atomic E-state index is 13.6. The average Bonchev–Trinajstić information content (AvgIpc) is 2.83. The van der Waals surface area contributed by atoms with Crippen LogP contribution in [0.2, 0.25) is 0 Å². The van der Waals surface area contributed by atoms with E-state index in [4.69, 9.17) is 9.47 Å². The minimum absolute atomic E-state index is 0.0631. The maximum Gasteiger partial charge on any atom is 0.331 e. The third-order valence-electron chi connectivity index (χ3n) is 5.05. The van der Waals surface area contributed by atoms with Crippen molar-refractivity contribution in [3.8, 4) is 17.5 Å². The van der Waals surface area contributed by atoms with Gasteiger partial charge in [-0.05, 0) is 35.4 Å². The summed E-state index contributed by atoms with van der Waals surface area (Å²) in [4.78, 5) is 44.2. The lowest BCUT2D eigenvalue weighted by Crippen LogP contribution is -2.39. The van der Waals surface area contributed by atoms with Crippen LogP contribution in [0.1, 0.15) is 16.7 Å². The van der Waals surface area contributed by atoms with E-state index >= 15 is 0 Å². The van der Waals surface area contributed by atoms with Crippen LogP contribution in [0.3, 0.4) is 0 Å². The molecule has 1 aliphatic rings. The molecule has 3 N–H and O–H groups in total. The fraction of sp³-hybridized carbons (Fsp3) is 0.182. The highest BCUT2D eigenvalue weighted by molar-refractivity contribution is 5.98. The van der Waals surface area contributed by atoms with E-state index in [0.717, 1.165) is 17.7 Å². The molecule has 2 aromatic heterocycles. The van der Waals surface area contributed by atoms with Crippen molar-refractivity contribution >= 4 is 12.0 Å². The van der Waals surface area contributed by atoms with Crippen molar-refractivity contribution in [2.24, 2.45) is 0 Å². The van der Waals surface area contributed by atoms with Crippen molar-refractivity contribution in [1.82, 2.24) is 19.9 Å². The van der Waals surface area contributed by atoms with Gasteiger partial charge in [-0.3, -0.25) is 19.1 Å². The highest BCUT2D eigenvalue weighted by Crippen LogP contribution is 2.23. The lowest BCUT2D eigenvalue weighted by molar-refractivity contribution is -0.117. The lowest BCUT2D eigenvalue weighted by Gasteiger charge is -2.18. The number of carbonyl (C=O) groups is 1. The summed E-state index contributed by atoms with van der Waals surface area (Å²) in [7, 11) is 1.47. The number of pyridine rings is 1. The number of rotatable bonds is 6. The van der Waals surface area contributed by atoms with Crippen LogP contribution in [0.15, 0.2) is 45.6 Å². The van der Waals surface area contributed by atoms with Crippen LogP contribution < -0.4 is 26.0 Å². The summed E-state index contributed by atoms with van der Waals surface area (Å²) < 4.78 is 38.4. The first-order valence-corrected chi connectivity index (χ1v) is 9.91. The van der Waals surface area contributed by atoms with Gasteiger partial charge in [0.1, 0.15) is 12.2 Å². The molecule has 12 heteroatoms. The van der Waals surface area contributed by atoms with Crippen LogP contribution in [-0.2, 0) is 17.9 Å². The van der Waals surface area contributed by atoms with Gasteiger partial charge in [0.2, 0.25) is 11.8 Å². The number of hydrogen-bond donors (Lipinski definition) is 3. The van der Waals surface area contributed by atoms with Crippen LogP contribution >= 0.6 is 0 Å². The van der Waals surface area contributed by atoms with Gasteiger partial charge in [0.05, 0.1) is 19.2 Å². The molecule has 1 aliphatic heterocycles. The van der Waals surface area contributed by atoms with Gasteiger partial charge >= 0.3 is 5.69 Å². The summed E-state index contributed by atoms with van der Waals surface area (Å²) in [5.74, 6) is -3.85. The van der Waals surface area contributed by atoms with Crippen LogP contribution in [-0.4, -0.2) is 39.3 Å². The highest BCUT2D eigenvalue weighted by Gasteiger charge is 2.23. The molecular weight excluding hydrogens is 454 g/mol. The van der Waals surface area contributed by atoms with Crippen LogP contribution in [0.4, 0.5) is 8.78 Å². The molecule has 10 nitrogen and oxygen atoms in total. The van der Waals surface area contributed by atoms with E-state index in [0.29, 0.717) is 10.4 Å². The standard InChI is InChI=1S/C22H18F2N4O6/c1-33-17-6-11(2-3-25-17)8-26-19(30)13-7-14-20(34-10-13)27-22(32)28(21(14)31)9-12-4-15(23)18(29)16(24)5-12/h2-7,29H,8-10H2,1H3,(H,26,30)(H,27,32). The molecule has 0 unspecified atom stereocenters. The van der Waals surface area contributed by atoms with Gasteiger partial charge < -0.3 is 19.9 Å². The number of methoxy groups -OCH3 is 1. The Labute approximate surface area is 190 Å². The van der Waals surface area contributed by atoms with Crippen molar-refractivity contribution in [3.05, 3.63) is 85.2 Å². The number of aromatic amines is 1. The average molecular weight is 472 g/mol.